The van der Waals surface area contributed by atoms with Crippen LogP contribution in [0.3, 0.4) is 0 Å². The molecule has 1 fully saturated rings. The van der Waals surface area contributed by atoms with Crippen LogP contribution in [0.15, 0.2) is 0 Å². The smallest absolute Gasteiger partial charge is 0.303 e. The minimum atomic E-state index is -0.826. The predicted octanol–water partition coefficient (Wildman–Crippen LogP) is 1.17. The van der Waals surface area contributed by atoms with Gasteiger partial charge in [-0.2, -0.15) is 0 Å². The van der Waals surface area contributed by atoms with Crippen molar-refractivity contribution in [3.63, 3.8) is 0 Å². The van der Waals surface area contributed by atoms with Crippen molar-refractivity contribution in [1.82, 2.24) is 5.32 Å². The molecule has 0 aliphatic carbocycles. The molecule has 5 heteroatoms. The van der Waals surface area contributed by atoms with Gasteiger partial charge in [-0.1, -0.05) is 0 Å². The van der Waals surface area contributed by atoms with Crippen LogP contribution in [-0.4, -0.2) is 35.7 Å². The quantitative estimate of drug-likeness (QED) is 0.711. The van der Waals surface area contributed by atoms with Crippen LogP contribution in [0.4, 0.5) is 0 Å². The van der Waals surface area contributed by atoms with E-state index in [1.165, 1.54) is 0 Å². The van der Waals surface area contributed by atoms with Gasteiger partial charge in [-0.15, -0.1) is 0 Å². The van der Waals surface area contributed by atoms with Gasteiger partial charge in [-0.3, -0.25) is 9.59 Å². The van der Waals surface area contributed by atoms with E-state index < -0.39 is 5.97 Å². The van der Waals surface area contributed by atoms with Crippen molar-refractivity contribution in [3.05, 3.63) is 0 Å². The number of carbonyl (C=O) groups excluding carboxylic acids is 1. The Labute approximate surface area is 102 Å². The van der Waals surface area contributed by atoms with Gasteiger partial charge in [0, 0.05) is 18.9 Å². The number of rotatable bonds is 5. The predicted molar refractivity (Wildman–Crippen MR) is 62.6 cm³/mol. The molecule has 0 radical (unpaired) electrons. The summed E-state index contributed by atoms with van der Waals surface area (Å²) in [5.41, 5.74) is 0. The molecular weight excluding hydrogens is 222 g/mol. The average molecular weight is 243 g/mol. The highest BCUT2D eigenvalue weighted by molar-refractivity contribution is 5.78. The van der Waals surface area contributed by atoms with Crippen molar-refractivity contribution in [2.24, 2.45) is 5.92 Å². The van der Waals surface area contributed by atoms with Crippen molar-refractivity contribution in [2.45, 2.75) is 51.7 Å². The Bertz CT molecular complexity index is 270. The summed E-state index contributed by atoms with van der Waals surface area (Å²) in [7, 11) is 0. The number of carboxylic acids is 1. The van der Waals surface area contributed by atoms with E-state index in [1.54, 1.807) is 0 Å². The van der Waals surface area contributed by atoms with E-state index in [0.717, 1.165) is 12.8 Å². The molecule has 0 bridgehead atoms. The summed E-state index contributed by atoms with van der Waals surface area (Å²) in [6.45, 7) is 4.38. The van der Waals surface area contributed by atoms with Crippen molar-refractivity contribution < 1.29 is 19.4 Å². The zero-order valence-electron chi connectivity index (χ0n) is 10.4. The summed E-state index contributed by atoms with van der Waals surface area (Å²) < 4.78 is 5.57. The molecule has 1 amide bonds. The van der Waals surface area contributed by atoms with E-state index in [9.17, 15) is 9.59 Å². The lowest BCUT2D eigenvalue weighted by Crippen LogP contribution is -2.39. The average Bonchev–Trinajstić information content (AvgIpc) is 2.22. The van der Waals surface area contributed by atoms with E-state index in [2.05, 4.69) is 5.32 Å². The zero-order chi connectivity index (χ0) is 12.8. The van der Waals surface area contributed by atoms with Crippen LogP contribution in [0.25, 0.3) is 0 Å². The van der Waals surface area contributed by atoms with Crippen molar-refractivity contribution >= 4 is 11.9 Å². The fourth-order valence-electron chi connectivity index (χ4n) is 2.21. The van der Waals surface area contributed by atoms with Crippen molar-refractivity contribution in [1.29, 1.82) is 0 Å². The second kappa shape index (κ2) is 6.59. The fraction of sp³-hybridized carbons (Fsp3) is 0.833. The Hall–Kier alpha value is -1.10. The first-order valence-electron chi connectivity index (χ1n) is 6.14. The number of amides is 1. The number of aliphatic carboxylic acids is 1. The van der Waals surface area contributed by atoms with Crippen LogP contribution in [0.2, 0.25) is 0 Å². The molecule has 1 aliphatic rings. The van der Waals surface area contributed by atoms with E-state index >= 15 is 0 Å². The fourth-order valence-corrected chi connectivity index (χ4v) is 2.21. The van der Waals surface area contributed by atoms with Gasteiger partial charge in [-0.05, 0) is 33.1 Å². The van der Waals surface area contributed by atoms with E-state index in [-0.39, 0.29) is 30.5 Å². The number of hydrogen-bond acceptors (Lipinski definition) is 3. The molecule has 0 saturated carbocycles. The number of hydrogen-bond donors (Lipinski definition) is 2. The minimum absolute atomic E-state index is 0.00132. The molecule has 1 aliphatic heterocycles. The molecule has 17 heavy (non-hydrogen) atoms. The van der Waals surface area contributed by atoms with Crippen LogP contribution in [0.1, 0.15) is 39.5 Å². The first-order valence-corrected chi connectivity index (χ1v) is 6.14. The number of carbonyl (C=O) groups is 2. The summed E-state index contributed by atoms with van der Waals surface area (Å²) in [5.74, 6) is -0.802. The maximum Gasteiger partial charge on any atom is 0.303 e. The molecule has 5 nitrogen and oxygen atoms in total. The first kappa shape index (κ1) is 14.0. The molecule has 0 spiro atoms. The SMILES string of the molecule is CC1CC(C(=O)NCCCC(=O)O)CC(C)O1. The van der Waals surface area contributed by atoms with Gasteiger partial charge in [0.15, 0.2) is 0 Å². The van der Waals surface area contributed by atoms with Gasteiger partial charge in [0.25, 0.3) is 0 Å². The maximum absolute atomic E-state index is 11.8. The normalized spacial score (nSPS) is 28.7. The molecule has 2 unspecified atom stereocenters. The Balaban J connectivity index is 2.24. The summed E-state index contributed by atoms with van der Waals surface area (Å²) in [6.07, 6.45) is 2.31. The Morgan fingerprint density at radius 2 is 1.88 bits per heavy atom. The van der Waals surface area contributed by atoms with Crippen LogP contribution in [0, 0.1) is 5.92 Å². The Morgan fingerprint density at radius 3 is 2.41 bits per heavy atom. The molecule has 1 saturated heterocycles. The lowest BCUT2D eigenvalue weighted by atomic mass is 9.92. The molecule has 2 N–H and O–H groups in total. The minimum Gasteiger partial charge on any atom is -0.481 e. The second-order valence-electron chi connectivity index (χ2n) is 4.71. The lowest BCUT2D eigenvalue weighted by Gasteiger charge is -2.31. The number of carboxylic acid groups (broad SMARTS) is 1. The first-order chi connectivity index (χ1) is 7.99. The van der Waals surface area contributed by atoms with Gasteiger partial charge in [-0.25, -0.2) is 0 Å². The van der Waals surface area contributed by atoms with E-state index in [1.807, 2.05) is 13.8 Å². The standard InChI is InChI=1S/C12H21NO4/c1-8-6-10(7-9(2)17-8)12(16)13-5-3-4-11(14)15/h8-10H,3-7H2,1-2H3,(H,13,16)(H,14,15). The molecule has 1 heterocycles. The molecule has 98 valence electrons. The van der Waals surface area contributed by atoms with E-state index in [0.29, 0.717) is 13.0 Å². The van der Waals surface area contributed by atoms with Crippen molar-refractivity contribution in [2.75, 3.05) is 6.54 Å². The summed E-state index contributed by atoms with van der Waals surface area (Å²) in [6, 6.07) is 0. The highest BCUT2D eigenvalue weighted by atomic mass is 16.5. The van der Waals surface area contributed by atoms with Crippen LogP contribution < -0.4 is 5.32 Å². The number of nitrogens with one attached hydrogen (secondary N) is 1. The molecule has 0 aromatic rings. The van der Waals surface area contributed by atoms with Gasteiger partial charge < -0.3 is 15.2 Å². The van der Waals surface area contributed by atoms with Crippen molar-refractivity contribution in [3.8, 4) is 0 Å². The zero-order valence-corrected chi connectivity index (χ0v) is 10.4. The van der Waals surface area contributed by atoms with Crippen LogP contribution >= 0.6 is 0 Å². The lowest BCUT2D eigenvalue weighted by molar-refractivity contribution is -0.137. The maximum atomic E-state index is 11.8. The summed E-state index contributed by atoms with van der Waals surface area (Å²) in [4.78, 5) is 22.1. The van der Waals surface area contributed by atoms with Gasteiger partial charge >= 0.3 is 5.97 Å². The monoisotopic (exact) mass is 243 g/mol. The molecule has 0 aromatic heterocycles. The van der Waals surface area contributed by atoms with Gasteiger partial charge in [0.05, 0.1) is 12.2 Å². The van der Waals surface area contributed by atoms with Gasteiger partial charge in [0.2, 0.25) is 5.91 Å². The molecule has 0 aromatic carbocycles. The largest absolute Gasteiger partial charge is 0.481 e. The van der Waals surface area contributed by atoms with Gasteiger partial charge in [0.1, 0.15) is 0 Å². The van der Waals surface area contributed by atoms with Crippen LogP contribution in [-0.2, 0) is 14.3 Å². The topological polar surface area (TPSA) is 75.6 Å². The third-order valence-electron chi connectivity index (χ3n) is 2.93. The summed E-state index contributed by atoms with van der Waals surface area (Å²) >= 11 is 0. The third-order valence-corrected chi connectivity index (χ3v) is 2.93. The Kier molecular flexibility index (Phi) is 5.41. The second-order valence-corrected chi connectivity index (χ2v) is 4.71. The molecule has 1 rings (SSSR count). The summed E-state index contributed by atoms with van der Waals surface area (Å²) in [5, 5.41) is 11.3. The van der Waals surface area contributed by atoms with Crippen LogP contribution in [0.5, 0.6) is 0 Å². The highest BCUT2D eigenvalue weighted by Crippen LogP contribution is 2.24. The molecule has 2 atom stereocenters. The third kappa shape index (κ3) is 5.17. The number of ether oxygens (including phenoxy) is 1. The Morgan fingerprint density at radius 1 is 1.29 bits per heavy atom. The van der Waals surface area contributed by atoms with E-state index in [4.69, 9.17) is 9.84 Å². The molecular formula is C12H21NO4. The highest BCUT2D eigenvalue weighted by Gasteiger charge is 2.29.